The third-order valence-corrected chi connectivity index (χ3v) is 3.02. The fraction of sp³-hybridized carbons (Fsp3) is 0.417. The number of anilines is 1. The summed E-state index contributed by atoms with van der Waals surface area (Å²) in [7, 11) is 0. The molecule has 4 nitrogen and oxygen atoms in total. The van der Waals surface area contributed by atoms with Gasteiger partial charge in [-0.1, -0.05) is 0 Å². The minimum Gasteiger partial charge on any atom is -0.478 e. The molecule has 0 atom stereocenters. The highest BCUT2D eigenvalue weighted by atomic mass is 19.4. The molecule has 0 saturated carbocycles. The summed E-state index contributed by atoms with van der Waals surface area (Å²) in [5, 5.41) is 12.0. The standard InChI is InChI=1S/C12H13F3N2O2/c13-12(14,15)10-2-1-8(7-9(10)11(18)19)17-5-3-16-4-6-17/h1-2,7,16H,3-6H2,(H,18,19). The first-order valence-corrected chi connectivity index (χ1v) is 5.80. The lowest BCUT2D eigenvalue weighted by molar-refractivity contribution is -0.138. The van der Waals surface area contributed by atoms with Crippen LogP contribution in [0.25, 0.3) is 0 Å². The number of carbonyl (C=O) groups is 1. The summed E-state index contributed by atoms with van der Waals surface area (Å²) < 4.78 is 38.1. The van der Waals surface area contributed by atoms with Crippen LogP contribution in [0.5, 0.6) is 0 Å². The number of rotatable bonds is 2. The van der Waals surface area contributed by atoms with E-state index in [0.717, 1.165) is 25.2 Å². The largest absolute Gasteiger partial charge is 0.478 e. The highest BCUT2D eigenvalue weighted by molar-refractivity contribution is 5.91. The van der Waals surface area contributed by atoms with Crippen LogP contribution in [0.2, 0.25) is 0 Å². The maximum absolute atomic E-state index is 12.7. The van der Waals surface area contributed by atoms with Crippen molar-refractivity contribution in [3.63, 3.8) is 0 Å². The maximum Gasteiger partial charge on any atom is 0.417 e. The van der Waals surface area contributed by atoms with Gasteiger partial charge >= 0.3 is 12.1 Å². The second kappa shape index (κ2) is 5.08. The molecule has 1 aliphatic heterocycles. The van der Waals surface area contributed by atoms with E-state index in [-0.39, 0.29) is 0 Å². The van der Waals surface area contributed by atoms with Crippen molar-refractivity contribution in [3.05, 3.63) is 29.3 Å². The van der Waals surface area contributed by atoms with Crippen molar-refractivity contribution < 1.29 is 23.1 Å². The van der Waals surface area contributed by atoms with Gasteiger partial charge in [-0.05, 0) is 18.2 Å². The van der Waals surface area contributed by atoms with E-state index < -0.39 is 23.3 Å². The number of halogens is 3. The molecule has 0 aliphatic carbocycles. The minimum atomic E-state index is -4.66. The number of alkyl halides is 3. The Bertz CT molecular complexity index is 482. The normalized spacial score (nSPS) is 16.5. The monoisotopic (exact) mass is 274 g/mol. The van der Waals surface area contributed by atoms with Crippen molar-refractivity contribution >= 4 is 11.7 Å². The van der Waals surface area contributed by atoms with Crippen LogP contribution in [0.15, 0.2) is 18.2 Å². The molecule has 1 aromatic rings. The number of nitrogens with zero attached hydrogens (tertiary/aromatic N) is 1. The molecule has 2 N–H and O–H groups in total. The Kier molecular flexibility index (Phi) is 3.66. The number of aromatic carboxylic acids is 1. The van der Waals surface area contributed by atoms with Gasteiger partial charge in [0.15, 0.2) is 0 Å². The number of hydrogen-bond acceptors (Lipinski definition) is 3. The van der Waals surface area contributed by atoms with Crippen molar-refractivity contribution in [2.45, 2.75) is 6.18 Å². The van der Waals surface area contributed by atoms with E-state index in [1.807, 2.05) is 4.90 Å². The highest BCUT2D eigenvalue weighted by Gasteiger charge is 2.35. The van der Waals surface area contributed by atoms with Crippen molar-refractivity contribution in [3.8, 4) is 0 Å². The number of benzene rings is 1. The lowest BCUT2D eigenvalue weighted by Crippen LogP contribution is -2.43. The van der Waals surface area contributed by atoms with Crippen LogP contribution >= 0.6 is 0 Å². The highest BCUT2D eigenvalue weighted by Crippen LogP contribution is 2.34. The first-order valence-electron chi connectivity index (χ1n) is 5.80. The van der Waals surface area contributed by atoms with Crippen molar-refractivity contribution in [1.82, 2.24) is 5.32 Å². The Morgan fingerprint density at radius 2 is 1.89 bits per heavy atom. The summed E-state index contributed by atoms with van der Waals surface area (Å²) in [5.41, 5.74) is -1.31. The van der Waals surface area contributed by atoms with E-state index in [2.05, 4.69) is 5.32 Å². The molecule has 1 heterocycles. The third-order valence-electron chi connectivity index (χ3n) is 3.02. The molecule has 0 bridgehead atoms. The molecule has 1 saturated heterocycles. The van der Waals surface area contributed by atoms with Crippen molar-refractivity contribution in [2.24, 2.45) is 0 Å². The molecule has 0 radical (unpaired) electrons. The van der Waals surface area contributed by atoms with Gasteiger partial charge in [0, 0.05) is 31.9 Å². The second-order valence-corrected chi connectivity index (χ2v) is 4.27. The smallest absolute Gasteiger partial charge is 0.417 e. The Balaban J connectivity index is 2.38. The zero-order valence-corrected chi connectivity index (χ0v) is 10.00. The average Bonchev–Trinajstić information content (AvgIpc) is 2.38. The van der Waals surface area contributed by atoms with Gasteiger partial charge in [-0.15, -0.1) is 0 Å². The SMILES string of the molecule is O=C(O)c1cc(N2CCNCC2)ccc1C(F)(F)F. The van der Waals surface area contributed by atoms with E-state index in [1.54, 1.807) is 0 Å². The van der Waals surface area contributed by atoms with Crippen LogP contribution in [-0.2, 0) is 6.18 Å². The van der Waals surface area contributed by atoms with Gasteiger partial charge < -0.3 is 15.3 Å². The molecule has 1 aliphatic rings. The molecule has 0 aromatic heterocycles. The van der Waals surface area contributed by atoms with Crippen LogP contribution in [0, 0.1) is 0 Å². The van der Waals surface area contributed by atoms with E-state index in [1.165, 1.54) is 6.07 Å². The Hall–Kier alpha value is -1.76. The topological polar surface area (TPSA) is 52.6 Å². The summed E-state index contributed by atoms with van der Waals surface area (Å²) >= 11 is 0. The lowest BCUT2D eigenvalue weighted by atomic mass is 10.1. The van der Waals surface area contributed by atoms with Crippen LogP contribution in [0.4, 0.5) is 18.9 Å². The van der Waals surface area contributed by atoms with Crippen LogP contribution < -0.4 is 10.2 Å². The Labute approximate surface area is 107 Å². The van der Waals surface area contributed by atoms with E-state index in [4.69, 9.17) is 5.11 Å². The molecule has 2 rings (SSSR count). The van der Waals surface area contributed by atoms with Gasteiger partial charge in [0.2, 0.25) is 0 Å². The molecule has 104 valence electrons. The summed E-state index contributed by atoms with van der Waals surface area (Å²) in [6.45, 7) is 2.74. The molecule has 1 fully saturated rings. The molecular weight excluding hydrogens is 261 g/mol. The summed E-state index contributed by atoms with van der Waals surface area (Å²) in [6, 6.07) is 3.25. The zero-order valence-electron chi connectivity index (χ0n) is 10.00. The first-order chi connectivity index (χ1) is 8.89. The average molecular weight is 274 g/mol. The van der Waals surface area contributed by atoms with Crippen molar-refractivity contribution in [2.75, 3.05) is 31.1 Å². The summed E-state index contributed by atoms with van der Waals surface area (Å²) in [5.74, 6) is -1.57. The number of nitrogens with one attached hydrogen (secondary N) is 1. The summed E-state index contributed by atoms with van der Waals surface area (Å²) in [4.78, 5) is 12.8. The molecule has 7 heteroatoms. The van der Waals surface area contributed by atoms with Gasteiger partial charge in [-0.3, -0.25) is 0 Å². The second-order valence-electron chi connectivity index (χ2n) is 4.27. The third kappa shape index (κ3) is 2.98. The quantitative estimate of drug-likeness (QED) is 0.863. The first kappa shape index (κ1) is 13.7. The predicted octanol–water partition coefficient (Wildman–Crippen LogP) is 1.81. The number of piperazine rings is 1. The van der Waals surface area contributed by atoms with Gasteiger partial charge in [-0.2, -0.15) is 13.2 Å². The van der Waals surface area contributed by atoms with Gasteiger partial charge in [0.05, 0.1) is 11.1 Å². The van der Waals surface area contributed by atoms with E-state index >= 15 is 0 Å². The lowest BCUT2D eigenvalue weighted by Gasteiger charge is -2.30. The molecule has 0 amide bonds. The fourth-order valence-electron chi connectivity index (χ4n) is 2.08. The van der Waals surface area contributed by atoms with Gasteiger partial charge in [0.25, 0.3) is 0 Å². The Morgan fingerprint density at radius 3 is 2.42 bits per heavy atom. The van der Waals surface area contributed by atoms with Crippen molar-refractivity contribution in [1.29, 1.82) is 0 Å². The fourth-order valence-corrected chi connectivity index (χ4v) is 2.08. The Morgan fingerprint density at radius 1 is 1.26 bits per heavy atom. The minimum absolute atomic E-state index is 0.506. The predicted molar refractivity (Wildman–Crippen MR) is 63.5 cm³/mol. The van der Waals surface area contributed by atoms with Gasteiger partial charge in [-0.25, -0.2) is 4.79 Å². The zero-order chi connectivity index (χ0) is 14.0. The molecule has 19 heavy (non-hydrogen) atoms. The van der Waals surface area contributed by atoms with Gasteiger partial charge in [0.1, 0.15) is 0 Å². The van der Waals surface area contributed by atoms with E-state index in [9.17, 15) is 18.0 Å². The maximum atomic E-state index is 12.7. The van der Waals surface area contributed by atoms with E-state index in [0.29, 0.717) is 18.8 Å². The van der Waals surface area contributed by atoms with Crippen LogP contribution in [-0.4, -0.2) is 37.3 Å². The molecular formula is C12H13F3N2O2. The van der Waals surface area contributed by atoms with Crippen LogP contribution in [0.3, 0.4) is 0 Å². The number of carboxylic acid groups (broad SMARTS) is 1. The molecule has 0 unspecified atom stereocenters. The molecule has 0 spiro atoms. The number of hydrogen-bond donors (Lipinski definition) is 2. The number of carboxylic acids is 1. The van der Waals surface area contributed by atoms with Crippen LogP contribution in [0.1, 0.15) is 15.9 Å². The molecule has 1 aromatic carbocycles. The summed E-state index contributed by atoms with van der Waals surface area (Å²) in [6.07, 6.45) is -4.66.